The molecule has 1 aliphatic rings. The van der Waals surface area contributed by atoms with Gasteiger partial charge in [-0.25, -0.2) is 14.4 Å². The fourth-order valence-electron chi connectivity index (χ4n) is 3.58. The minimum Gasteiger partial charge on any atom is -0.459 e. The first-order chi connectivity index (χ1) is 17.1. The number of carbonyl (C=O) groups is 3. The van der Waals surface area contributed by atoms with Crippen LogP contribution in [-0.2, 0) is 18.9 Å². The highest BCUT2D eigenvalue weighted by molar-refractivity contribution is 5.91. The van der Waals surface area contributed by atoms with Crippen molar-refractivity contribution in [3.05, 3.63) is 108 Å². The Bertz CT molecular complexity index is 1210. The van der Waals surface area contributed by atoms with Crippen LogP contribution in [0.5, 0.6) is 0 Å². The van der Waals surface area contributed by atoms with Crippen molar-refractivity contribution < 1.29 is 33.3 Å². The van der Waals surface area contributed by atoms with Crippen LogP contribution in [0.3, 0.4) is 0 Å². The van der Waals surface area contributed by atoms with Crippen molar-refractivity contribution in [3.8, 4) is 6.07 Å². The molecule has 0 radical (unpaired) electrons. The Labute approximate surface area is 201 Å². The van der Waals surface area contributed by atoms with Gasteiger partial charge in [-0.2, -0.15) is 5.26 Å². The highest BCUT2D eigenvalue weighted by atomic mass is 16.6. The van der Waals surface area contributed by atoms with Crippen molar-refractivity contribution in [2.24, 2.45) is 0 Å². The Balaban J connectivity index is 1.55. The maximum Gasteiger partial charge on any atom is 0.338 e. The number of benzene rings is 3. The van der Waals surface area contributed by atoms with Gasteiger partial charge in [0.1, 0.15) is 12.7 Å². The summed E-state index contributed by atoms with van der Waals surface area (Å²) in [5, 5.41) is 9.65. The van der Waals surface area contributed by atoms with E-state index >= 15 is 0 Å². The van der Waals surface area contributed by atoms with Crippen LogP contribution in [0.15, 0.2) is 91.0 Å². The smallest absolute Gasteiger partial charge is 0.338 e. The molecule has 8 heteroatoms. The van der Waals surface area contributed by atoms with E-state index in [4.69, 9.17) is 18.9 Å². The molecule has 0 saturated carbocycles. The van der Waals surface area contributed by atoms with Crippen molar-refractivity contribution in [2.45, 2.75) is 24.4 Å². The SMILES string of the molecule is N#C[C@@H]1O[C@H](COC(=O)c2ccccc2)[C@@H](OC(=O)c2ccccc2)[C@@H]1OC(=O)c1ccccc1. The molecule has 3 aromatic rings. The molecule has 0 aromatic heterocycles. The predicted molar refractivity (Wildman–Crippen MR) is 122 cm³/mol. The van der Waals surface area contributed by atoms with Crippen LogP contribution in [0.4, 0.5) is 0 Å². The molecule has 0 unspecified atom stereocenters. The zero-order chi connectivity index (χ0) is 24.6. The van der Waals surface area contributed by atoms with Crippen molar-refractivity contribution in [1.82, 2.24) is 0 Å². The van der Waals surface area contributed by atoms with Crippen LogP contribution in [0.2, 0.25) is 0 Å². The van der Waals surface area contributed by atoms with Gasteiger partial charge in [-0.15, -0.1) is 0 Å². The number of hydrogen-bond acceptors (Lipinski definition) is 8. The van der Waals surface area contributed by atoms with E-state index in [0.717, 1.165) is 0 Å². The first kappa shape index (κ1) is 23.7. The van der Waals surface area contributed by atoms with Crippen molar-refractivity contribution in [2.75, 3.05) is 6.61 Å². The van der Waals surface area contributed by atoms with Gasteiger partial charge in [0, 0.05) is 0 Å². The summed E-state index contributed by atoms with van der Waals surface area (Å²) < 4.78 is 22.3. The largest absolute Gasteiger partial charge is 0.459 e. The Morgan fingerprint density at radius 2 is 1.11 bits per heavy atom. The normalized spacial score (nSPS) is 20.9. The third kappa shape index (κ3) is 5.72. The number of carbonyl (C=O) groups excluding carboxylic acids is 3. The van der Waals surface area contributed by atoms with E-state index in [1.165, 1.54) is 0 Å². The van der Waals surface area contributed by atoms with Gasteiger partial charge >= 0.3 is 17.9 Å². The van der Waals surface area contributed by atoms with Crippen LogP contribution in [0, 0.1) is 11.3 Å². The topological polar surface area (TPSA) is 112 Å². The number of esters is 3. The summed E-state index contributed by atoms with van der Waals surface area (Å²) in [6, 6.07) is 26.7. The summed E-state index contributed by atoms with van der Waals surface area (Å²) in [6.45, 7) is -0.321. The lowest BCUT2D eigenvalue weighted by atomic mass is 10.1. The Morgan fingerprint density at radius 3 is 1.57 bits per heavy atom. The monoisotopic (exact) mass is 471 g/mol. The molecular formula is C27H21NO7. The molecule has 1 heterocycles. The fourth-order valence-corrected chi connectivity index (χ4v) is 3.58. The van der Waals surface area contributed by atoms with E-state index in [-0.39, 0.29) is 17.7 Å². The predicted octanol–water partition coefficient (Wildman–Crippen LogP) is 3.59. The fraction of sp³-hybridized carbons (Fsp3) is 0.185. The standard InChI is InChI=1S/C27H21NO7/c28-16-21-23(34-26(30)19-12-6-2-7-13-19)24(35-27(31)20-14-8-3-9-15-20)22(33-21)17-32-25(29)18-10-4-1-5-11-18/h1-15,21-24H,17H2/t21-,22+,23+,24+/m0/s1. The number of nitriles is 1. The lowest BCUT2D eigenvalue weighted by Gasteiger charge is -2.23. The highest BCUT2D eigenvalue weighted by Crippen LogP contribution is 2.29. The van der Waals surface area contributed by atoms with Gasteiger partial charge in [-0.05, 0) is 36.4 Å². The summed E-state index contributed by atoms with van der Waals surface area (Å²) in [7, 11) is 0. The second kappa shape index (κ2) is 11.1. The van der Waals surface area contributed by atoms with E-state index in [0.29, 0.717) is 5.56 Å². The molecule has 176 valence electrons. The van der Waals surface area contributed by atoms with E-state index in [2.05, 4.69) is 0 Å². The maximum absolute atomic E-state index is 12.8. The minimum absolute atomic E-state index is 0.260. The van der Waals surface area contributed by atoms with Gasteiger partial charge < -0.3 is 18.9 Å². The van der Waals surface area contributed by atoms with Crippen molar-refractivity contribution >= 4 is 17.9 Å². The van der Waals surface area contributed by atoms with Crippen LogP contribution >= 0.6 is 0 Å². The number of ether oxygens (including phenoxy) is 4. The molecule has 1 saturated heterocycles. The molecule has 8 nitrogen and oxygen atoms in total. The van der Waals surface area contributed by atoms with Gasteiger partial charge in [-0.3, -0.25) is 0 Å². The Hall–Kier alpha value is -4.48. The molecule has 0 bridgehead atoms. The Kier molecular flexibility index (Phi) is 7.50. The Morgan fingerprint density at radius 1 is 0.686 bits per heavy atom. The summed E-state index contributed by atoms with van der Waals surface area (Å²) in [5.41, 5.74) is 0.851. The highest BCUT2D eigenvalue weighted by Gasteiger charge is 2.50. The molecule has 3 aromatic carbocycles. The quantitative estimate of drug-likeness (QED) is 0.380. The van der Waals surface area contributed by atoms with E-state index in [1.54, 1.807) is 91.0 Å². The molecule has 0 aliphatic carbocycles. The molecule has 0 N–H and O–H groups in total. The minimum atomic E-state index is -1.24. The summed E-state index contributed by atoms with van der Waals surface area (Å²) in [5.74, 6) is -2.01. The van der Waals surface area contributed by atoms with Gasteiger partial charge in [0.15, 0.2) is 18.3 Å². The van der Waals surface area contributed by atoms with Gasteiger partial charge in [0.25, 0.3) is 0 Å². The summed E-state index contributed by atoms with van der Waals surface area (Å²) >= 11 is 0. The maximum atomic E-state index is 12.8. The first-order valence-corrected chi connectivity index (χ1v) is 10.9. The number of nitrogens with zero attached hydrogens (tertiary/aromatic N) is 1. The molecule has 4 rings (SSSR count). The average molecular weight is 471 g/mol. The molecule has 4 atom stereocenters. The second-order valence-corrected chi connectivity index (χ2v) is 7.66. The van der Waals surface area contributed by atoms with Gasteiger partial charge in [-0.1, -0.05) is 54.6 Å². The molecule has 1 aliphatic heterocycles. The zero-order valence-corrected chi connectivity index (χ0v) is 18.5. The third-order valence-corrected chi connectivity index (χ3v) is 5.33. The third-order valence-electron chi connectivity index (χ3n) is 5.33. The van der Waals surface area contributed by atoms with Crippen molar-refractivity contribution in [3.63, 3.8) is 0 Å². The molecule has 0 spiro atoms. The molecule has 35 heavy (non-hydrogen) atoms. The van der Waals surface area contributed by atoms with Crippen LogP contribution < -0.4 is 0 Å². The lowest BCUT2D eigenvalue weighted by Crippen LogP contribution is -2.41. The van der Waals surface area contributed by atoms with Crippen molar-refractivity contribution in [1.29, 1.82) is 5.26 Å². The van der Waals surface area contributed by atoms with E-state index in [9.17, 15) is 19.6 Å². The summed E-state index contributed by atoms with van der Waals surface area (Å²) in [6.07, 6.45) is -4.70. The molecule has 1 fully saturated rings. The van der Waals surface area contributed by atoms with E-state index < -0.39 is 42.3 Å². The van der Waals surface area contributed by atoms with Crippen LogP contribution in [0.25, 0.3) is 0 Å². The van der Waals surface area contributed by atoms with E-state index in [1.807, 2.05) is 6.07 Å². The first-order valence-electron chi connectivity index (χ1n) is 10.9. The lowest BCUT2D eigenvalue weighted by molar-refractivity contribution is -0.0437. The van der Waals surface area contributed by atoms with Crippen LogP contribution in [-0.4, -0.2) is 48.9 Å². The number of rotatable bonds is 7. The summed E-state index contributed by atoms with van der Waals surface area (Å²) in [4.78, 5) is 37.9. The second-order valence-electron chi connectivity index (χ2n) is 7.66. The van der Waals surface area contributed by atoms with Crippen LogP contribution in [0.1, 0.15) is 31.1 Å². The van der Waals surface area contributed by atoms with Gasteiger partial charge in [0.05, 0.1) is 22.8 Å². The van der Waals surface area contributed by atoms with Gasteiger partial charge in [0.2, 0.25) is 0 Å². The zero-order valence-electron chi connectivity index (χ0n) is 18.5. The number of hydrogen-bond donors (Lipinski definition) is 0. The average Bonchev–Trinajstić information content (AvgIpc) is 3.24. The molecule has 0 amide bonds. The molecular weight excluding hydrogens is 450 g/mol.